The van der Waals surface area contributed by atoms with Crippen molar-refractivity contribution in [2.75, 3.05) is 0 Å². The summed E-state index contributed by atoms with van der Waals surface area (Å²) in [5.41, 5.74) is 3.30. The number of carbonyl (C=O) groups excluding carboxylic acids is 2. The maximum absolute atomic E-state index is 13.9. The van der Waals surface area contributed by atoms with Gasteiger partial charge in [-0.2, -0.15) is 0 Å². The van der Waals surface area contributed by atoms with E-state index in [1.165, 1.54) is 33.8 Å². The second-order valence-electron chi connectivity index (χ2n) is 9.04. The molecule has 4 aromatic carbocycles. The Hall–Kier alpha value is -4.92. The number of amides is 2. The van der Waals surface area contributed by atoms with Crippen LogP contribution in [0.5, 0.6) is 0 Å². The first-order valence-electron chi connectivity index (χ1n) is 12.4. The normalized spacial score (nSPS) is 11.7. The topological polar surface area (TPSA) is 80.1 Å². The molecule has 7 nitrogen and oxygen atoms in total. The number of rotatable bonds is 9. The monoisotopic (exact) mass is 525 g/mol. The van der Waals surface area contributed by atoms with Gasteiger partial charge in [-0.25, -0.2) is 13.5 Å². The maximum atomic E-state index is 13.9. The molecule has 0 saturated carbocycles. The molecule has 0 saturated heterocycles. The van der Waals surface area contributed by atoms with Gasteiger partial charge in [0.2, 0.25) is 11.8 Å². The van der Waals surface area contributed by atoms with Crippen LogP contribution in [0.25, 0.3) is 11.0 Å². The molecule has 1 unspecified atom stereocenters. The Morgan fingerprint density at radius 1 is 0.795 bits per heavy atom. The molecule has 0 aliphatic carbocycles. The summed E-state index contributed by atoms with van der Waals surface area (Å²) in [6.07, 6.45) is 0. The summed E-state index contributed by atoms with van der Waals surface area (Å²) >= 11 is 0. The largest absolute Gasteiger partial charge is 0.350 e. The Kier molecular flexibility index (Phi) is 7.68. The highest BCUT2D eigenvalue weighted by Gasteiger charge is 2.32. The van der Waals surface area contributed by atoms with Crippen LogP contribution in [0.3, 0.4) is 0 Å². The zero-order valence-corrected chi connectivity index (χ0v) is 20.9. The first-order valence-corrected chi connectivity index (χ1v) is 12.4. The minimum atomic E-state index is -1.00. The van der Waals surface area contributed by atoms with Crippen LogP contribution >= 0.6 is 0 Å². The zero-order valence-electron chi connectivity index (χ0n) is 20.9. The standard InChI is InChI=1S/C30H25F2N5O2/c31-24-14-10-21(11-15-24)18-33-30(39)29(23-6-2-1-3-7-23)36(19-22-12-16-25(32)17-13-22)28(38)20-37-27-9-5-4-8-26(27)34-35-37/h1-17,29H,18-20H2,(H,33,39). The molecular weight excluding hydrogens is 500 g/mol. The van der Waals surface area contributed by atoms with E-state index in [2.05, 4.69) is 15.6 Å². The fourth-order valence-electron chi connectivity index (χ4n) is 4.36. The third kappa shape index (κ3) is 6.15. The van der Waals surface area contributed by atoms with Crippen LogP contribution in [-0.4, -0.2) is 31.7 Å². The van der Waals surface area contributed by atoms with Crippen molar-refractivity contribution in [3.05, 3.63) is 131 Å². The van der Waals surface area contributed by atoms with Crippen LogP contribution in [0.15, 0.2) is 103 Å². The molecule has 0 aliphatic heterocycles. The Morgan fingerprint density at radius 2 is 1.41 bits per heavy atom. The fraction of sp³-hybridized carbons (Fsp3) is 0.133. The molecule has 1 aromatic heterocycles. The molecule has 1 heterocycles. The van der Waals surface area contributed by atoms with Crippen LogP contribution in [-0.2, 0) is 29.2 Å². The fourth-order valence-corrected chi connectivity index (χ4v) is 4.36. The summed E-state index contributed by atoms with van der Waals surface area (Å²) in [5.74, 6) is -1.56. The number of hydrogen-bond donors (Lipinski definition) is 1. The van der Waals surface area contributed by atoms with Gasteiger partial charge in [-0.3, -0.25) is 9.59 Å². The number of nitrogens with one attached hydrogen (secondary N) is 1. The number of benzene rings is 4. The minimum Gasteiger partial charge on any atom is -0.350 e. The van der Waals surface area contributed by atoms with Crippen molar-refractivity contribution < 1.29 is 18.4 Å². The van der Waals surface area contributed by atoms with E-state index in [9.17, 15) is 18.4 Å². The minimum absolute atomic E-state index is 0.0509. The average Bonchev–Trinajstić information content (AvgIpc) is 3.36. The van der Waals surface area contributed by atoms with E-state index in [1.807, 2.05) is 24.3 Å². The molecule has 5 rings (SSSR count). The van der Waals surface area contributed by atoms with Crippen LogP contribution in [0.2, 0.25) is 0 Å². The summed E-state index contributed by atoms with van der Waals surface area (Å²) in [6, 6.07) is 26.9. The number of halogens is 2. The first-order chi connectivity index (χ1) is 19.0. The maximum Gasteiger partial charge on any atom is 0.247 e. The van der Waals surface area contributed by atoms with Crippen molar-refractivity contribution in [2.45, 2.75) is 25.7 Å². The molecule has 196 valence electrons. The molecule has 1 N–H and O–H groups in total. The van der Waals surface area contributed by atoms with Gasteiger partial charge in [-0.05, 0) is 53.1 Å². The highest BCUT2D eigenvalue weighted by molar-refractivity contribution is 5.89. The van der Waals surface area contributed by atoms with Crippen molar-refractivity contribution in [3.63, 3.8) is 0 Å². The van der Waals surface area contributed by atoms with E-state index in [4.69, 9.17) is 0 Å². The highest BCUT2D eigenvalue weighted by Crippen LogP contribution is 2.25. The van der Waals surface area contributed by atoms with E-state index in [0.717, 1.165) is 0 Å². The van der Waals surface area contributed by atoms with Crippen LogP contribution in [0.4, 0.5) is 8.78 Å². The number of nitrogens with zero attached hydrogens (tertiary/aromatic N) is 4. The second kappa shape index (κ2) is 11.6. The van der Waals surface area contributed by atoms with E-state index >= 15 is 0 Å². The molecule has 0 spiro atoms. The summed E-state index contributed by atoms with van der Waals surface area (Å²) < 4.78 is 28.5. The Labute approximate surface area is 223 Å². The Bertz CT molecular complexity index is 1570. The number of hydrogen-bond acceptors (Lipinski definition) is 4. The van der Waals surface area contributed by atoms with Crippen molar-refractivity contribution >= 4 is 22.8 Å². The van der Waals surface area contributed by atoms with Gasteiger partial charge in [0.25, 0.3) is 0 Å². The number of para-hydroxylation sites is 1. The van der Waals surface area contributed by atoms with Gasteiger partial charge in [0.15, 0.2) is 0 Å². The molecule has 9 heteroatoms. The lowest BCUT2D eigenvalue weighted by Gasteiger charge is -2.31. The smallest absolute Gasteiger partial charge is 0.247 e. The van der Waals surface area contributed by atoms with Crippen molar-refractivity contribution in [1.82, 2.24) is 25.2 Å². The summed E-state index contributed by atoms with van der Waals surface area (Å²) in [7, 11) is 0. The second-order valence-corrected chi connectivity index (χ2v) is 9.04. The van der Waals surface area contributed by atoms with Gasteiger partial charge >= 0.3 is 0 Å². The summed E-state index contributed by atoms with van der Waals surface area (Å²) in [5, 5.41) is 11.1. The molecule has 5 aromatic rings. The van der Waals surface area contributed by atoms with Gasteiger partial charge in [0.1, 0.15) is 29.7 Å². The first kappa shape index (κ1) is 25.7. The van der Waals surface area contributed by atoms with Crippen LogP contribution in [0, 0.1) is 11.6 Å². The van der Waals surface area contributed by atoms with Gasteiger partial charge in [-0.15, -0.1) is 5.10 Å². The van der Waals surface area contributed by atoms with Crippen molar-refractivity contribution in [2.24, 2.45) is 0 Å². The molecule has 2 amide bonds. The number of aromatic nitrogens is 3. The molecular formula is C30H25F2N5O2. The Morgan fingerprint density at radius 3 is 2.10 bits per heavy atom. The quantitative estimate of drug-likeness (QED) is 0.300. The number of fused-ring (bicyclic) bond motifs is 1. The van der Waals surface area contributed by atoms with Gasteiger partial charge < -0.3 is 10.2 Å². The van der Waals surface area contributed by atoms with Crippen molar-refractivity contribution in [1.29, 1.82) is 0 Å². The lowest BCUT2D eigenvalue weighted by atomic mass is 10.0. The molecule has 0 radical (unpaired) electrons. The molecule has 0 fully saturated rings. The van der Waals surface area contributed by atoms with Crippen molar-refractivity contribution in [3.8, 4) is 0 Å². The van der Waals surface area contributed by atoms with Gasteiger partial charge in [-0.1, -0.05) is 71.9 Å². The van der Waals surface area contributed by atoms with Crippen LogP contribution < -0.4 is 5.32 Å². The van der Waals surface area contributed by atoms with Gasteiger partial charge in [0.05, 0.1) is 5.52 Å². The SMILES string of the molecule is O=C(NCc1ccc(F)cc1)C(c1ccccc1)N(Cc1ccc(F)cc1)C(=O)Cn1nnc2ccccc21. The predicted molar refractivity (Wildman–Crippen MR) is 142 cm³/mol. The van der Waals surface area contributed by atoms with E-state index in [0.29, 0.717) is 27.7 Å². The third-order valence-electron chi connectivity index (χ3n) is 6.35. The lowest BCUT2D eigenvalue weighted by Crippen LogP contribution is -2.44. The molecule has 0 bridgehead atoms. The predicted octanol–water partition coefficient (Wildman–Crippen LogP) is 4.80. The van der Waals surface area contributed by atoms with Crippen LogP contribution in [0.1, 0.15) is 22.7 Å². The average molecular weight is 526 g/mol. The summed E-state index contributed by atoms with van der Waals surface area (Å²) in [6.45, 7) is 0.0420. The van der Waals surface area contributed by atoms with E-state index in [1.54, 1.807) is 54.6 Å². The van der Waals surface area contributed by atoms with E-state index < -0.39 is 17.8 Å². The third-order valence-corrected chi connectivity index (χ3v) is 6.35. The van der Waals surface area contributed by atoms with E-state index in [-0.39, 0.29) is 31.4 Å². The zero-order chi connectivity index (χ0) is 27.2. The lowest BCUT2D eigenvalue weighted by molar-refractivity contribution is -0.142. The molecule has 0 aliphatic rings. The molecule has 1 atom stereocenters. The van der Waals surface area contributed by atoms with Gasteiger partial charge in [0, 0.05) is 13.1 Å². The molecule has 39 heavy (non-hydrogen) atoms. The highest BCUT2D eigenvalue weighted by atomic mass is 19.1. The summed E-state index contributed by atoms with van der Waals surface area (Å²) in [4.78, 5) is 29.1. The number of carbonyl (C=O) groups is 2. The Balaban J connectivity index is 1.48.